The average molecular weight is 266 g/mol. The first-order valence-corrected chi connectivity index (χ1v) is 7.29. The van der Waals surface area contributed by atoms with E-state index in [1.807, 2.05) is 0 Å². The summed E-state index contributed by atoms with van der Waals surface area (Å²) in [5.74, 6) is -0.0557. The van der Waals surface area contributed by atoms with Gasteiger partial charge in [0.1, 0.15) is 0 Å². The summed E-state index contributed by atoms with van der Waals surface area (Å²) in [6.45, 7) is 3.50. The molecule has 3 aliphatic rings. The minimum Gasteiger partial charge on any atom is -0.336 e. The van der Waals surface area contributed by atoms with Crippen LogP contribution in [0.4, 0.5) is 4.79 Å². The van der Waals surface area contributed by atoms with E-state index in [9.17, 15) is 9.59 Å². The van der Waals surface area contributed by atoms with Gasteiger partial charge in [0.15, 0.2) is 0 Å². The molecule has 6 heteroatoms. The molecule has 19 heavy (non-hydrogen) atoms. The van der Waals surface area contributed by atoms with E-state index >= 15 is 0 Å². The molecule has 0 aromatic rings. The smallest absolute Gasteiger partial charge is 0.324 e. The molecule has 2 saturated heterocycles. The second-order valence-corrected chi connectivity index (χ2v) is 5.73. The molecule has 0 aromatic heterocycles. The summed E-state index contributed by atoms with van der Waals surface area (Å²) in [5, 5.41) is 6.15. The van der Waals surface area contributed by atoms with Crippen LogP contribution in [-0.2, 0) is 4.79 Å². The van der Waals surface area contributed by atoms with Crippen LogP contribution in [0.1, 0.15) is 25.7 Å². The molecule has 1 unspecified atom stereocenters. The van der Waals surface area contributed by atoms with Gasteiger partial charge in [-0.1, -0.05) is 0 Å². The van der Waals surface area contributed by atoms with E-state index in [2.05, 4.69) is 15.5 Å². The number of rotatable bonds is 5. The van der Waals surface area contributed by atoms with Gasteiger partial charge in [-0.25, -0.2) is 4.79 Å². The van der Waals surface area contributed by atoms with Crippen LogP contribution < -0.4 is 10.6 Å². The average Bonchev–Trinajstić information content (AvgIpc) is 2.94. The molecule has 3 amide bonds. The second-order valence-electron chi connectivity index (χ2n) is 5.73. The minimum atomic E-state index is -0.236. The van der Waals surface area contributed by atoms with E-state index in [0.717, 1.165) is 13.1 Å². The van der Waals surface area contributed by atoms with Gasteiger partial charge in [-0.3, -0.25) is 14.6 Å². The van der Waals surface area contributed by atoms with Crippen LogP contribution in [0.2, 0.25) is 0 Å². The molecule has 1 atom stereocenters. The maximum atomic E-state index is 12.2. The number of nitrogens with zero attached hydrogens (tertiary/aromatic N) is 2. The Labute approximate surface area is 113 Å². The van der Waals surface area contributed by atoms with E-state index in [4.69, 9.17) is 0 Å². The van der Waals surface area contributed by atoms with Crippen molar-refractivity contribution in [3.63, 3.8) is 0 Å². The van der Waals surface area contributed by atoms with Gasteiger partial charge < -0.3 is 10.6 Å². The molecular weight excluding hydrogens is 244 g/mol. The van der Waals surface area contributed by atoms with Gasteiger partial charge in [0.05, 0.1) is 6.54 Å². The predicted molar refractivity (Wildman–Crippen MR) is 70.7 cm³/mol. The van der Waals surface area contributed by atoms with Gasteiger partial charge >= 0.3 is 6.03 Å². The highest BCUT2D eigenvalue weighted by Gasteiger charge is 2.35. The molecule has 3 fully saturated rings. The third-order valence-corrected chi connectivity index (χ3v) is 4.18. The molecule has 106 valence electrons. The third kappa shape index (κ3) is 3.06. The summed E-state index contributed by atoms with van der Waals surface area (Å²) >= 11 is 0. The molecule has 1 aliphatic carbocycles. The largest absolute Gasteiger partial charge is 0.336 e. The van der Waals surface area contributed by atoms with Gasteiger partial charge in [0.2, 0.25) is 5.91 Å². The molecular formula is C13H22N4O2. The fraction of sp³-hybridized carbons (Fsp3) is 0.846. The fourth-order valence-corrected chi connectivity index (χ4v) is 2.95. The summed E-state index contributed by atoms with van der Waals surface area (Å²) in [7, 11) is 0. The van der Waals surface area contributed by atoms with Crippen LogP contribution in [0.25, 0.3) is 0 Å². The van der Waals surface area contributed by atoms with Crippen LogP contribution in [-0.4, -0.2) is 66.5 Å². The summed E-state index contributed by atoms with van der Waals surface area (Å²) < 4.78 is 0. The zero-order chi connectivity index (χ0) is 13.2. The highest BCUT2D eigenvalue weighted by atomic mass is 16.2. The quantitative estimate of drug-likeness (QED) is 0.720. The Morgan fingerprint density at radius 1 is 1.32 bits per heavy atom. The maximum absolute atomic E-state index is 12.2. The van der Waals surface area contributed by atoms with Crippen LogP contribution in [0.15, 0.2) is 0 Å². The van der Waals surface area contributed by atoms with Gasteiger partial charge in [0.25, 0.3) is 0 Å². The molecule has 3 rings (SSSR count). The lowest BCUT2D eigenvalue weighted by Crippen LogP contribution is -2.46. The van der Waals surface area contributed by atoms with Gasteiger partial charge in [0, 0.05) is 31.7 Å². The van der Waals surface area contributed by atoms with E-state index < -0.39 is 0 Å². The van der Waals surface area contributed by atoms with Crippen LogP contribution >= 0.6 is 0 Å². The van der Waals surface area contributed by atoms with Gasteiger partial charge in [-0.05, 0) is 32.2 Å². The minimum absolute atomic E-state index is 0.0557. The third-order valence-electron chi connectivity index (χ3n) is 4.18. The number of carbonyl (C=O) groups is 2. The topological polar surface area (TPSA) is 64.7 Å². The number of carbonyl (C=O) groups excluding carboxylic acids is 2. The first-order chi connectivity index (χ1) is 9.24. The highest BCUT2D eigenvalue weighted by molar-refractivity contribution is 5.96. The lowest BCUT2D eigenvalue weighted by atomic mass is 10.2. The normalized spacial score (nSPS) is 27.1. The van der Waals surface area contributed by atoms with Crippen molar-refractivity contribution >= 4 is 11.9 Å². The molecule has 1 saturated carbocycles. The Bertz CT molecular complexity index is 364. The molecule has 0 radical (unpaired) electrons. The monoisotopic (exact) mass is 266 g/mol. The SMILES string of the molecule is O=C(CN(CC1CCCN1)C1CC1)N1CCNC1=O. The molecule has 2 heterocycles. The van der Waals surface area contributed by atoms with Crippen molar-refractivity contribution in [1.29, 1.82) is 0 Å². The van der Waals surface area contributed by atoms with E-state index in [-0.39, 0.29) is 11.9 Å². The van der Waals surface area contributed by atoms with Crippen LogP contribution in [0, 0.1) is 0 Å². The zero-order valence-corrected chi connectivity index (χ0v) is 11.2. The number of hydrogen-bond acceptors (Lipinski definition) is 4. The Morgan fingerprint density at radius 3 is 2.74 bits per heavy atom. The summed E-state index contributed by atoms with van der Waals surface area (Å²) in [6, 6.07) is 0.831. The number of urea groups is 1. The lowest BCUT2D eigenvalue weighted by molar-refractivity contribution is -0.129. The first-order valence-electron chi connectivity index (χ1n) is 7.29. The number of imide groups is 1. The van der Waals surface area contributed by atoms with Crippen molar-refractivity contribution in [3.8, 4) is 0 Å². The Balaban J connectivity index is 1.54. The maximum Gasteiger partial charge on any atom is 0.324 e. The highest BCUT2D eigenvalue weighted by Crippen LogP contribution is 2.27. The van der Waals surface area contributed by atoms with E-state index in [1.165, 1.54) is 30.6 Å². The molecule has 2 N–H and O–H groups in total. The van der Waals surface area contributed by atoms with E-state index in [1.54, 1.807) is 0 Å². The van der Waals surface area contributed by atoms with Crippen molar-refractivity contribution in [1.82, 2.24) is 20.4 Å². The van der Waals surface area contributed by atoms with Crippen molar-refractivity contribution in [2.45, 2.75) is 37.8 Å². The summed E-state index contributed by atoms with van der Waals surface area (Å²) in [5.41, 5.74) is 0. The number of amides is 3. The van der Waals surface area contributed by atoms with Crippen molar-refractivity contribution < 1.29 is 9.59 Å². The Kier molecular flexibility index (Phi) is 3.70. The number of hydrogen-bond donors (Lipinski definition) is 2. The van der Waals surface area contributed by atoms with Crippen LogP contribution in [0.3, 0.4) is 0 Å². The second kappa shape index (κ2) is 5.46. The molecule has 0 spiro atoms. The number of nitrogens with one attached hydrogen (secondary N) is 2. The summed E-state index contributed by atoms with van der Waals surface area (Å²) in [4.78, 5) is 27.3. The van der Waals surface area contributed by atoms with E-state index in [0.29, 0.717) is 31.7 Å². The van der Waals surface area contributed by atoms with Crippen LogP contribution in [0.5, 0.6) is 0 Å². The van der Waals surface area contributed by atoms with Crippen molar-refractivity contribution in [3.05, 3.63) is 0 Å². The Hall–Kier alpha value is -1.14. The summed E-state index contributed by atoms with van der Waals surface area (Å²) in [6.07, 6.45) is 4.80. The standard InChI is InChI=1S/C13H22N4O2/c18-12(17-7-6-15-13(17)19)9-16(11-3-4-11)8-10-2-1-5-14-10/h10-11,14H,1-9H2,(H,15,19). The molecule has 0 aromatic carbocycles. The van der Waals surface area contributed by atoms with Crippen molar-refractivity contribution in [2.24, 2.45) is 0 Å². The fourth-order valence-electron chi connectivity index (χ4n) is 2.95. The first kappa shape index (κ1) is 12.9. The van der Waals surface area contributed by atoms with Gasteiger partial charge in [-0.2, -0.15) is 0 Å². The zero-order valence-electron chi connectivity index (χ0n) is 11.2. The lowest BCUT2D eigenvalue weighted by Gasteiger charge is -2.26. The predicted octanol–water partition coefficient (Wildman–Crippen LogP) is -0.245. The molecule has 2 aliphatic heterocycles. The Morgan fingerprint density at radius 2 is 2.16 bits per heavy atom. The molecule has 0 bridgehead atoms. The van der Waals surface area contributed by atoms with Crippen molar-refractivity contribution in [2.75, 3.05) is 32.7 Å². The van der Waals surface area contributed by atoms with Gasteiger partial charge in [-0.15, -0.1) is 0 Å². The molecule has 6 nitrogen and oxygen atoms in total.